The van der Waals surface area contributed by atoms with Crippen molar-refractivity contribution in [1.29, 1.82) is 0 Å². The Hall–Kier alpha value is -0.650. The predicted molar refractivity (Wildman–Crippen MR) is 56.9 cm³/mol. The molecule has 5 heteroatoms. The summed E-state index contributed by atoms with van der Waals surface area (Å²) in [5.41, 5.74) is 0. The van der Waals surface area contributed by atoms with Gasteiger partial charge in [0.15, 0.2) is 6.10 Å². The molecule has 2 N–H and O–H groups in total. The number of ether oxygens (including phenoxy) is 2. The molecule has 0 bridgehead atoms. The molecule has 16 heavy (non-hydrogen) atoms. The Balaban J connectivity index is 1.70. The minimum atomic E-state index is -0.479. The van der Waals surface area contributed by atoms with Crippen LogP contribution < -0.4 is 5.32 Å². The molecular formula is C11H19NO4. The topological polar surface area (TPSA) is 67.8 Å². The van der Waals surface area contributed by atoms with Crippen LogP contribution in [0.5, 0.6) is 0 Å². The first kappa shape index (κ1) is 11.8. The zero-order valence-corrected chi connectivity index (χ0v) is 9.35. The van der Waals surface area contributed by atoms with Crippen LogP contribution in [0.1, 0.15) is 19.3 Å². The number of nitrogens with one attached hydrogen (secondary N) is 1. The number of aliphatic hydroxyl groups is 1. The van der Waals surface area contributed by atoms with Crippen LogP contribution in [0, 0.1) is 5.92 Å². The predicted octanol–water partition coefficient (Wildman–Crippen LogP) is -0.321. The van der Waals surface area contributed by atoms with E-state index in [2.05, 4.69) is 5.32 Å². The minimum absolute atomic E-state index is 0.126. The first-order valence-corrected chi connectivity index (χ1v) is 5.92. The second kappa shape index (κ2) is 5.61. The quantitative estimate of drug-likeness (QED) is 0.696. The van der Waals surface area contributed by atoms with Crippen LogP contribution in [-0.2, 0) is 14.3 Å². The van der Waals surface area contributed by atoms with Gasteiger partial charge in [-0.3, -0.25) is 4.79 Å². The van der Waals surface area contributed by atoms with Gasteiger partial charge in [-0.15, -0.1) is 0 Å². The Bertz CT molecular complexity index is 240. The number of amides is 1. The highest BCUT2D eigenvalue weighted by Gasteiger charge is 2.27. The molecule has 1 amide bonds. The van der Waals surface area contributed by atoms with Gasteiger partial charge in [0.25, 0.3) is 5.91 Å². The first-order valence-electron chi connectivity index (χ1n) is 5.92. The third-order valence-corrected chi connectivity index (χ3v) is 3.27. The monoisotopic (exact) mass is 229 g/mol. The van der Waals surface area contributed by atoms with Gasteiger partial charge in [0.05, 0.1) is 25.9 Å². The van der Waals surface area contributed by atoms with Crippen molar-refractivity contribution in [2.75, 3.05) is 26.4 Å². The molecule has 2 aliphatic rings. The van der Waals surface area contributed by atoms with E-state index in [0.29, 0.717) is 26.4 Å². The van der Waals surface area contributed by atoms with Crippen LogP contribution in [0.4, 0.5) is 0 Å². The molecule has 0 radical (unpaired) electrons. The van der Waals surface area contributed by atoms with Crippen molar-refractivity contribution in [3.05, 3.63) is 0 Å². The average Bonchev–Trinajstić information content (AvgIpc) is 2.73. The van der Waals surface area contributed by atoms with Crippen LogP contribution >= 0.6 is 0 Å². The molecular weight excluding hydrogens is 210 g/mol. The molecule has 1 heterocycles. The molecule has 1 saturated heterocycles. The van der Waals surface area contributed by atoms with E-state index in [9.17, 15) is 9.90 Å². The van der Waals surface area contributed by atoms with Gasteiger partial charge in [-0.1, -0.05) is 6.42 Å². The first-order chi connectivity index (χ1) is 7.77. The van der Waals surface area contributed by atoms with Crippen molar-refractivity contribution in [1.82, 2.24) is 5.32 Å². The third kappa shape index (κ3) is 2.93. The van der Waals surface area contributed by atoms with Gasteiger partial charge in [0.1, 0.15) is 0 Å². The van der Waals surface area contributed by atoms with Crippen LogP contribution in [0.3, 0.4) is 0 Å². The Morgan fingerprint density at radius 2 is 2.25 bits per heavy atom. The Labute approximate surface area is 95.1 Å². The van der Waals surface area contributed by atoms with Crippen LogP contribution in [0.25, 0.3) is 0 Å². The Morgan fingerprint density at radius 3 is 2.88 bits per heavy atom. The molecule has 3 unspecified atom stereocenters. The number of carbonyl (C=O) groups is 1. The van der Waals surface area contributed by atoms with Gasteiger partial charge >= 0.3 is 0 Å². The maximum absolute atomic E-state index is 11.7. The lowest BCUT2D eigenvalue weighted by atomic mass is 10.1. The van der Waals surface area contributed by atoms with Crippen LogP contribution in [0.15, 0.2) is 0 Å². The summed E-state index contributed by atoms with van der Waals surface area (Å²) in [5, 5.41) is 12.4. The minimum Gasteiger partial charge on any atom is -0.393 e. The van der Waals surface area contributed by atoms with E-state index in [-0.39, 0.29) is 17.9 Å². The summed E-state index contributed by atoms with van der Waals surface area (Å²) in [5.74, 6) is 0.0762. The standard InChI is InChI=1S/C11H19NO4/c13-9-3-1-2-8(9)6-12-11(14)10-7-15-4-5-16-10/h8-10,13H,1-7H2,(H,12,14). The summed E-state index contributed by atoms with van der Waals surface area (Å²) in [4.78, 5) is 11.7. The largest absolute Gasteiger partial charge is 0.393 e. The molecule has 0 aromatic carbocycles. The summed E-state index contributed by atoms with van der Waals surface area (Å²) >= 11 is 0. The maximum Gasteiger partial charge on any atom is 0.251 e. The average molecular weight is 229 g/mol. The maximum atomic E-state index is 11.7. The van der Waals surface area contributed by atoms with E-state index in [1.54, 1.807) is 0 Å². The van der Waals surface area contributed by atoms with E-state index in [0.717, 1.165) is 19.3 Å². The molecule has 3 atom stereocenters. The van der Waals surface area contributed by atoms with Crippen molar-refractivity contribution in [2.45, 2.75) is 31.5 Å². The van der Waals surface area contributed by atoms with Gasteiger partial charge in [-0.25, -0.2) is 0 Å². The number of rotatable bonds is 3. The van der Waals surface area contributed by atoms with Crippen molar-refractivity contribution < 1.29 is 19.4 Å². The molecule has 2 fully saturated rings. The van der Waals surface area contributed by atoms with Crippen molar-refractivity contribution in [3.63, 3.8) is 0 Å². The third-order valence-electron chi connectivity index (χ3n) is 3.27. The molecule has 92 valence electrons. The lowest BCUT2D eigenvalue weighted by Crippen LogP contribution is -2.44. The fraction of sp³-hybridized carbons (Fsp3) is 0.909. The van der Waals surface area contributed by atoms with Crippen LogP contribution in [-0.4, -0.2) is 49.6 Å². The van der Waals surface area contributed by atoms with Gasteiger partial charge in [0, 0.05) is 12.5 Å². The molecule has 2 rings (SSSR count). The van der Waals surface area contributed by atoms with E-state index in [1.807, 2.05) is 0 Å². The fourth-order valence-electron chi connectivity index (χ4n) is 2.24. The number of hydrogen-bond acceptors (Lipinski definition) is 4. The van der Waals surface area contributed by atoms with Gasteiger partial charge in [-0.2, -0.15) is 0 Å². The van der Waals surface area contributed by atoms with Gasteiger partial charge in [-0.05, 0) is 12.8 Å². The van der Waals surface area contributed by atoms with Crippen LogP contribution in [0.2, 0.25) is 0 Å². The summed E-state index contributed by atoms with van der Waals surface area (Å²) in [7, 11) is 0. The highest BCUT2D eigenvalue weighted by atomic mass is 16.6. The summed E-state index contributed by atoms with van der Waals surface area (Å²) < 4.78 is 10.4. The summed E-state index contributed by atoms with van der Waals surface area (Å²) in [6, 6.07) is 0. The second-order valence-corrected chi connectivity index (χ2v) is 4.44. The zero-order valence-electron chi connectivity index (χ0n) is 9.35. The molecule has 0 spiro atoms. The Kier molecular flexibility index (Phi) is 4.15. The fourth-order valence-corrected chi connectivity index (χ4v) is 2.24. The van der Waals surface area contributed by atoms with E-state index >= 15 is 0 Å². The van der Waals surface area contributed by atoms with Gasteiger partial charge in [0.2, 0.25) is 0 Å². The zero-order chi connectivity index (χ0) is 11.4. The van der Waals surface area contributed by atoms with Gasteiger partial charge < -0.3 is 19.9 Å². The van der Waals surface area contributed by atoms with Crippen molar-refractivity contribution >= 4 is 5.91 Å². The smallest absolute Gasteiger partial charge is 0.251 e. The molecule has 0 aromatic rings. The number of carbonyl (C=O) groups excluding carboxylic acids is 1. The lowest BCUT2D eigenvalue weighted by Gasteiger charge is -2.23. The molecule has 1 aliphatic carbocycles. The van der Waals surface area contributed by atoms with Crippen molar-refractivity contribution in [3.8, 4) is 0 Å². The summed E-state index contributed by atoms with van der Waals surface area (Å²) in [6.07, 6.45) is 2.15. The molecule has 5 nitrogen and oxygen atoms in total. The summed E-state index contributed by atoms with van der Waals surface area (Å²) in [6.45, 7) is 1.91. The highest BCUT2D eigenvalue weighted by Crippen LogP contribution is 2.24. The van der Waals surface area contributed by atoms with E-state index < -0.39 is 6.10 Å². The molecule has 1 aliphatic heterocycles. The second-order valence-electron chi connectivity index (χ2n) is 4.44. The van der Waals surface area contributed by atoms with Crippen molar-refractivity contribution in [2.24, 2.45) is 5.92 Å². The Morgan fingerprint density at radius 1 is 1.38 bits per heavy atom. The number of aliphatic hydroxyl groups excluding tert-OH is 1. The SMILES string of the molecule is O=C(NCC1CCCC1O)C1COCCO1. The highest BCUT2D eigenvalue weighted by molar-refractivity contribution is 5.80. The molecule has 0 aromatic heterocycles. The van der Waals surface area contributed by atoms with E-state index in [4.69, 9.17) is 9.47 Å². The normalized spacial score (nSPS) is 34.9. The number of hydrogen-bond donors (Lipinski definition) is 2. The van der Waals surface area contributed by atoms with E-state index in [1.165, 1.54) is 0 Å². The lowest BCUT2D eigenvalue weighted by molar-refractivity contribution is -0.147. The molecule has 1 saturated carbocycles.